The zero-order chi connectivity index (χ0) is 13.1. The first-order valence-corrected chi connectivity index (χ1v) is 5.71. The molecule has 0 N–H and O–H groups in total. The second-order valence-corrected chi connectivity index (χ2v) is 4.26. The zero-order valence-corrected chi connectivity index (χ0v) is 10.2. The van der Waals surface area contributed by atoms with Crippen molar-refractivity contribution >= 4 is 23.0 Å². The average molecular weight is 261 g/mol. The Bertz CT molecular complexity index is 529. The van der Waals surface area contributed by atoms with Gasteiger partial charge in [0.1, 0.15) is 5.82 Å². The van der Waals surface area contributed by atoms with Crippen molar-refractivity contribution in [3.8, 4) is 0 Å². The van der Waals surface area contributed by atoms with E-state index in [1.807, 2.05) is 0 Å². The lowest BCUT2D eigenvalue weighted by atomic mass is 9.98. The van der Waals surface area contributed by atoms with Gasteiger partial charge in [0.15, 0.2) is 5.78 Å². The van der Waals surface area contributed by atoms with Gasteiger partial charge in [0.2, 0.25) is 0 Å². The molecule has 0 radical (unpaired) electrons. The van der Waals surface area contributed by atoms with Crippen molar-refractivity contribution in [1.29, 1.82) is 0 Å². The van der Waals surface area contributed by atoms with Gasteiger partial charge in [-0.1, -0.05) is 30.3 Å². The van der Waals surface area contributed by atoms with Crippen LogP contribution in [0.5, 0.6) is 0 Å². The number of hydrogen-bond donors (Lipinski definition) is 0. The molecule has 0 aliphatic rings. The van der Waals surface area contributed by atoms with E-state index >= 15 is 0 Å². The Balaban J connectivity index is 2.26. The predicted octanol–water partition coefficient (Wildman–Crippen LogP) is 4.38. The summed E-state index contributed by atoms with van der Waals surface area (Å²) >= 11 is 5.77. The van der Waals surface area contributed by atoms with Crippen LogP contribution in [0.3, 0.4) is 0 Å². The van der Waals surface area contributed by atoms with Crippen molar-refractivity contribution < 1.29 is 9.18 Å². The molecule has 0 aliphatic heterocycles. The normalized spacial score (nSPS) is 10.1. The van der Waals surface area contributed by atoms with Gasteiger partial charge in [0.05, 0.1) is 0 Å². The molecule has 0 bridgehead atoms. The molecular weight excluding hydrogens is 251 g/mol. The third-order valence-electron chi connectivity index (χ3n) is 2.57. The van der Waals surface area contributed by atoms with E-state index in [-0.39, 0.29) is 11.6 Å². The number of hydrogen-bond acceptors (Lipinski definition) is 1. The Labute approximate surface area is 110 Å². The van der Waals surface area contributed by atoms with Gasteiger partial charge in [-0.25, -0.2) is 4.39 Å². The SMILES string of the molecule is C=C(C(=O)c1ccc(F)cc1)c1ccc(Cl)cc1. The van der Waals surface area contributed by atoms with E-state index in [1.54, 1.807) is 24.3 Å². The number of halogens is 2. The fraction of sp³-hybridized carbons (Fsp3) is 0. The highest BCUT2D eigenvalue weighted by molar-refractivity contribution is 6.31. The van der Waals surface area contributed by atoms with Gasteiger partial charge in [0, 0.05) is 16.2 Å². The third-order valence-corrected chi connectivity index (χ3v) is 2.83. The number of carbonyl (C=O) groups excluding carboxylic acids is 1. The highest BCUT2D eigenvalue weighted by Gasteiger charge is 2.12. The zero-order valence-electron chi connectivity index (χ0n) is 9.49. The van der Waals surface area contributed by atoms with Crippen molar-refractivity contribution in [3.05, 3.63) is 77.1 Å². The number of Topliss-reactive ketones (excluding diaryl/α,β-unsaturated/α-hetero) is 1. The van der Waals surface area contributed by atoms with E-state index in [9.17, 15) is 9.18 Å². The van der Waals surface area contributed by atoms with Crippen molar-refractivity contribution in [1.82, 2.24) is 0 Å². The summed E-state index contributed by atoms with van der Waals surface area (Å²) < 4.78 is 12.8. The summed E-state index contributed by atoms with van der Waals surface area (Å²) in [6.45, 7) is 3.77. The summed E-state index contributed by atoms with van der Waals surface area (Å²) in [5.74, 6) is -0.596. The number of carbonyl (C=O) groups is 1. The van der Waals surface area contributed by atoms with Crippen LogP contribution in [0.25, 0.3) is 5.57 Å². The maximum atomic E-state index is 12.8. The van der Waals surface area contributed by atoms with Gasteiger partial charge in [-0.3, -0.25) is 4.79 Å². The van der Waals surface area contributed by atoms with Crippen molar-refractivity contribution in [2.45, 2.75) is 0 Å². The van der Waals surface area contributed by atoms with Crippen LogP contribution in [0.4, 0.5) is 4.39 Å². The van der Waals surface area contributed by atoms with Crippen LogP contribution in [-0.4, -0.2) is 5.78 Å². The molecule has 0 unspecified atom stereocenters. The van der Waals surface area contributed by atoms with E-state index < -0.39 is 0 Å². The number of ketones is 1. The first-order valence-electron chi connectivity index (χ1n) is 5.33. The Morgan fingerprint density at radius 3 is 2.00 bits per heavy atom. The van der Waals surface area contributed by atoms with Crippen molar-refractivity contribution in [3.63, 3.8) is 0 Å². The van der Waals surface area contributed by atoms with E-state index in [4.69, 9.17) is 11.6 Å². The summed E-state index contributed by atoms with van der Waals surface area (Å²) in [5.41, 5.74) is 1.48. The van der Waals surface area contributed by atoms with Crippen LogP contribution in [0, 0.1) is 5.82 Å². The molecule has 0 saturated heterocycles. The molecule has 2 aromatic rings. The molecule has 3 heteroatoms. The summed E-state index contributed by atoms with van der Waals surface area (Å²) in [5, 5.41) is 0.598. The molecule has 0 aliphatic carbocycles. The Kier molecular flexibility index (Phi) is 3.58. The van der Waals surface area contributed by atoms with Crippen molar-refractivity contribution in [2.75, 3.05) is 0 Å². The lowest BCUT2D eigenvalue weighted by molar-refractivity contribution is 0.105. The standard InChI is InChI=1S/C15H10ClFO/c1-10(11-2-6-13(16)7-3-11)15(18)12-4-8-14(17)9-5-12/h2-9H,1H2. The van der Waals surface area contributed by atoms with E-state index in [2.05, 4.69) is 6.58 Å². The third kappa shape index (κ3) is 2.66. The van der Waals surface area contributed by atoms with Crippen LogP contribution in [-0.2, 0) is 0 Å². The quantitative estimate of drug-likeness (QED) is 0.591. The maximum absolute atomic E-state index is 12.8. The van der Waals surface area contributed by atoms with Crippen LogP contribution >= 0.6 is 11.6 Å². The van der Waals surface area contributed by atoms with Crippen LogP contribution < -0.4 is 0 Å². The first kappa shape index (κ1) is 12.5. The fourth-order valence-corrected chi connectivity index (χ4v) is 1.68. The molecule has 0 atom stereocenters. The monoisotopic (exact) mass is 260 g/mol. The summed E-state index contributed by atoms with van der Waals surface area (Å²) in [7, 11) is 0. The average Bonchev–Trinajstić information content (AvgIpc) is 2.39. The molecule has 0 saturated carbocycles. The number of rotatable bonds is 3. The second kappa shape index (κ2) is 5.15. The van der Waals surface area contributed by atoms with Gasteiger partial charge >= 0.3 is 0 Å². The smallest absolute Gasteiger partial charge is 0.193 e. The highest BCUT2D eigenvalue weighted by atomic mass is 35.5. The van der Waals surface area contributed by atoms with Crippen LogP contribution in [0.1, 0.15) is 15.9 Å². The van der Waals surface area contributed by atoms with Crippen molar-refractivity contribution in [2.24, 2.45) is 0 Å². The van der Waals surface area contributed by atoms with Crippen LogP contribution in [0.15, 0.2) is 55.1 Å². The fourth-order valence-electron chi connectivity index (χ4n) is 1.56. The van der Waals surface area contributed by atoms with Gasteiger partial charge in [-0.15, -0.1) is 0 Å². The van der Waals surface area contributed by atoms with Crippen LogP contribution in [0.2, 0.25) is 5.02 Å². The lowest BCUT2D eigenvalue weighted by Gasteiger charge is -2.05. The summed E-state index contributed by atoms with van der Waals surface area (Å²) in [4.78, 5) is 12.1. The Morgan fingerprint density at radius 1 is 0.944 bits per heavy atom. The predicted molar refractivity (Wildman–Crippen MR) is 71.2 cm³/mol. The molecule has 0 fully saturated rings. The van der Waals surface area contributed by atoms with Gasteiger partial charge in [-0.2, -0.15) is 0 Å². The van der Waals surface area contributed by atoms with Gasteiger partial charge in [0.25, 0.3) is 0 Å². The molecule has 1 nitrogen and oxygen atoms in total. The molecule has 0 amide bonds. The van der Waals surface area contributed by atoms with E-state index in [0.29, 0.717) is 21.7 Å². The molecule has 2 aromatic carbocycles. The molecule has 18 heavy (non-hydrogen) atoms. The topological polar surface area (TPSA) is 17.1 Å². The molecule has 0 heterocycles. The number of benzene rings is 2. The highest BCUT2D eigenvalue weighted by Crippen LogP contribution is 2.20. The minimum absolute atomic E-state index is 0.225. The van der Waals surface area contributed by atoms with Gasteiger partial charge < -0.3 is 0 Å². The first-order chi connectivity index (χ1) is 8.58. The maximum Gasteiger partial charge on any atom is 0.193 e. The van der Waals surface area contributed by atoms with E-state index in [1.165, 1.54) is 24.3 Å². The Morgan fingerprint density at radius 2 is 1.44 bits per heavy atom. The largest absolute Gasteiger partial charge is 0.289 e. The number of allylic oxidation sites excluding steroid dienone is 1. The minimum atomic E-state index is -0.372. The summed E-state index contributed by atoms with van der Waals surface area (Å²) in [6.07, 6.45) is 0. The van der Waals surface area contributed by atoms with E-state index in [0.717, 1.165) is 0 Å². The second-order valence-electron chi connectivity index (χ2n) is 3.82. The minimum Gasteiger partial charge on any atom is -0.289 e. The lowest BCUT2D eigenvalue weighted by Crippen LogP contribution is -2.01. The van der Waals surface area contributed by atoms with Gasteiger partial charge in [-0.05, 0) is 42.0 Å². The molecule has 0 aromatic heterocycles. The molecule has 0 spiro atoms. The molecule has 2 rings (SSSR count). The molecular formula is C15H10ClFO. The molecule has 90 valence electrons. The summed E-state index contributed by atoms with van der Waals surface area (Å²) in [6, 6.07) is 12.2. The Hall–Kier alpha value is -1.93.